The minimum absolute atomic E-state index is 0.477. The van der Waals surface area contributed by atoms with E-state index in [9.17, 15) is 4.79 Å². The summed E-state index contributed by atoms with van der Waals surface area (Å²) in [6.45, 7) is 6.00. The molecule has 3 N–H and O–H groups in total. The minimum Gasteiger partial charge on any atom is -0.444 e. The van der Waals surface area contributed by atoms with Crippen molar-refractivity contribution in [3.05, 3.63) is 23.9 Å². The van der Waals surface area contributed by atoms with Gasteiger partial charge in [-0.25, -0.2) is 9.78 Å². The number of hydrogen-bond donors (Lipinski definition) is 2. The lowest BCUT2D eigenvalue weighted by atomic mass is 10.2. The summed E-state index contributed by atoms with van der Waals surface area (Å²) in [5, 5.41) is 2.58. The molecular weight excluding hydrogens is 218 g/mol. The molecule has 0 aliphatic heterocycles. The van der Waals surface area contributed by atoms with Crippen molar-refractivity contribution in [2.75, 3.05) is 11.9 Å². The maximum Gasteiger partial charge on any atom is 0.413 e. The molecule has 1 aromatic heterocycles. The molecule has 0 radical (unpaired) electrons. The van der Waals surface area contributed by atoms with Gasteiger partial charge in [-0.15, -0.1) is 0 Å². The molecule has 5 heteroatoms. The Bertz CT molecular complexity index is 386. The highest BCUT2D eigenvalue weighted by atomic mass is 16.6. The van der Waals surface area contributed by atoms with Crippen LogP contribution in [-0.4, -0.2) is 23.2 Å². The van der Waals surface area contributed by atoms with Gasteiger partial charge in [0.1, 0.15) is 11.4 Å². The van der Waals surface area contributed by atoms with Gasteiger partial charge < -0.3 is 10.5 Å². The molecular formula is C12H19N3O2. The Labute approximate surface area is 101 Å². The van der Waals surface area contributed by atoms with E-state index in [0.29, 0.717) is 12.4 Å². The smallest absolute Gasteiger partial charge is 0.413 e. The number of nitrogens with zero attached hydrogens (tertiary/aromatic N) is 1. The maximum atomic E-state index is 11.5. The molecule has 0 unspecified atom stereocenters. The largest absolute Gasteiger partial charge is 0.444 e. The molecule has 0 aromatic carbocycles. The van der Waals surface area contributed by atoms with Crippen molar-refractivity contribution in [3.63, 3.8) is 0 Å². The third-order valence-corrected chi connectivity index (χ3v) is 1.89. The molecule has 0 aliphatic rings. The highest BCUT2D eigenvalue weighted by Crippen LogP contribution is 2.11. The first-order valence-corrected chi connectivity index (χ1v) is 5.56. The molecule has 0 spiro atoms. The van der Waals surface area contributed by atoms with Crippen molar-refractivity contribution < 1.29 is 9.53 Å². The summed E-state index contributed by atoms with van der Waals surface area (Å²) in [5.41, 5.74) is 5.98. The number of nitrogens with one attached hydrogen (secondary N) is 1. The van der Waals surface area contributed by atoms with E-state index in [2.05, 4.69) is 10.3 Å². The number of carbonyl (C=O) groups is 1. The van der Waals surface area contributed by atoms with Crippen molar-refractivity contribution in [1.82, 2.24) is 4.98 Å². The maximum absolute atomic E-state index is 11.5. The molecule has 0 fully saturated rings. The summed E-state index contributed by atoms with van der Waals surface area (Å²) in [6, 6.07) is 3.66. The number of nitrogens with two attached hydrogens (primary N) is 1. The van der Waals surface area contributed by atoms with Gasteiger partial charge in [0.25, 0.3) is 0 Å². The summed E-state index contributed by atoms with van der Waals surface area (Å²) < 4.78 is 5.13. The van der Waals surface area contributed by atoms with E-state index < -0.39 is 11.7 Å². The fraction of sp³-hybridized carbons (Fsp3) is 0.500. The molecule has 0 atom stereocenters. The fourth-order valence-corrected chi connectivity index (χ4v) is 1.27. The van der Waals surface area contributed by atoms with E-state index in [0.717, 1.165) is 12.0 Å². The van der Waals surface area contributed by atoms with Gasteiger partial charge in [-0.05, 0) is 51.4 Å². The second kappa shape index (κ2) is 5.63. The summed E-state index contributed by atoms with van der Waals surface area (Å²) in [5.74, 6) is 0.477. The van der Waals surface area contributed by atoms with Crippen LogP contribution in [0.15, 0.2) is 18.3 Å². The third kappa shape index (κ3) is 5.31. The second-order valence-electron chi connectivity index (χ2n) is 4.71. The molecule has 1 aromatic rings. The normalized spacial score (nSPS) is 11.1. The van der Waals surface area contributed by atoms with Gasteiger partial charge in [-0.1, -0.05) is 0 Å². The van der Waals surface area contributed by atoms with E-state index in [4.69, 9.17) is 10.5 Å². The van der Waals surface area contributed by atoms with Crippen molar-refractivity contribution >= 4 is 11.9 Å². The first-order chi connectivity index (χ1) is 7.90. The van der Waals surface area contributed by atoms with Crippen LogP contribution in [0.2, 0.25) is 0 Å². The van der Waals surface area contributed by atoms with Crippen LogP contribution >= 0.6 is 0 Å². The standard InChI is InChI=1S/C12H19N3O2/c1-12(2,3)17-11(16)15-10-8-9(4-6-13)5-7-14-10/h5,7-8H,4,6,13H2,1-3H3,(H,14,15,16). The van der Waals surface area contributed by atoms with Gasteiger partial charge in [0.2, 0.25) is 0 Å². The molecule has 0 bridgehead atoms. The Morgan fingerprint density at radius 2 is 2.24 bits per heavy atom. The lowest BCUT2D eigenvalue weighted by Crippen LogP contribution is -2.27. The predicted octanol–water partition coefficient (Wildman–Crippen LogP) is 1.93. The van der Waals surface area contributed by atoms with Crippen molar-refractivity contribution in [1.29, 1.82) is 0 Å². The van der Waals surface area contributed by atoms with E-state index in [1.807, 2.05) is 26.8 Å². The van der Waals surface area contributed by atoms with Crippen molar-refractivity contribution in [3.8, 4) is 0 Å². The summed E-state index contributed by atoms with van der Waals surface area (Å²) in [4.78, 5) is 15.5. The summed E-state index contributed by atoms with van der Waals surface area (Å²) in [7, 11) is 0. The topological polar surface area (TPSA) is 77.2 Å². The first kappa shape index (κ1) is 13.4. The van der Waals surface area contributed by atoms with Gasteiger partial charge in [-0.3, -0.25) is 5.32 Å². The Kier molecular flexibility index (Phi) is 4.45. The highest BCUT2D eigenvalue weighted by molar-refractivity contribution is 5.83. The van der Waals surface area contributed by atoms with Crippen molar-refractivity contribution in [2.24, 2.45) is 5.73 Å². The summed E-state index contributed by atoms with van der Waals surface area (Å²) in [6.07, 6.45) is 1.89. The molecule has 1 heterocycles. The van der Waals surface area contributed by atoms with E-state index in [-0.39, 0.29) is 0 Å². The number of hydrogen-bond acceptors (Lipinski definition) is 4. The van der Waals surface area contributed by atoms with Crippen LogP contribution in [0.3, 0.4) is 0 Å². The van der Waals surface area contributed by atoms with Crippen LogP contribution in [-0.2, 0) is 11.2 Å². The van der Waals surface area contributed by atoms with Gasteiger partial charge >= 0.3 is 6.09 Å². The number of anilines is 1. The zero-order valence-corrected chi connectivity index (χ0v) is 10.5. The van der Waals surface area contributed by atoms with Gasteiger partial charge in [0.15, 0.2) is 0 Å². The number of ether oxygens (including phenoxy) is 1. The number of carbonyl (C=O) groups excluding carboxylic acids is 1. The van der Waals surface area contributed by atoms with Gasteiger partial charge in [-0.2, -0.15) is 0 Å². The molecule has 1 rings (SSSR count). The highest BCUT2D eigenvalue weighted by Gasteiger charge is 2.16. The molecule has 1 amide bonds. The predicted molar refractivity (Wildman–Crippen MR) is 66.9 cm³/mol. The SMILES string of the molecule is CC(C)(C)OC(=O)Nc1cc(CCN)ccn1. The molecule has 0 saturated heterocycles. The van der Waals surface area contributed by atoms with Crippen LogP contribution in [0.1, 0.15) is 26.3 Å². The number of amides is 1. The van der Waals surface area contributed by atoms with Crippen LogP contribution in [0.25, 0.3) is 0 Å². The molecule has 0 aliphatic carbocycles. The second-order valence-corrected chi connectivity index (χ2v) is 4.71. The monoisotopic (exact) mass is 237 g/mol. The molecule has 17 heavy (non-hydrogen) atoms. The van der Waals surface area contributed by atoms with Crippen LogP contribution in [0.4, 0.5) is 10.6 Å². The zero-order valence-electron chi connectivity index (χ0n) is 10.5. The Balaban J connectivity index is 2.62. The van der Waals surface area contributed by atoms with E-state index in [1.54, 1.807) is 12.3 Å². The van der Waals surface area contributed by atoms with Crippen molar-refractivity contribution in [2.45, 2.75) is 32.8 Å². The molecule has 94 valence electrons. The Hall–Kier alpha value is -1.62. The lowest BCUT2D eigenvalue weighted by Gasteiger charge is -2.19. The Morgan fingerprint density at radius 1 is 1.53 bits per heavy atom. The molecule has 5 nitrogen and oxygen atoms in total. The van der Waals surface area contributed by atoms with Crippen LogP contribution in [0.5, 0.6) is 0 Å². The number of rotatable bonds is 3. The van der Waals surface area contributed by atoms with E-state index in [1.165, 1.54) is 0 Å². The lowest BCUT2D eigenvalue weighted by molar-refractivity contribution is 0.0635. The number of aromatic nitrogens is 1. The van der Waals surface area contributed by atoms with Crippen LogP contribution in [0, 0.1) is 0 Å². The summed E-state index contributed by atoms with van der Waals surface area (Å²) >= 11 is 0. The average molecular weight is 237 g/mol. The van der Waals surface area contributed by atoms with Crippen LogP contribution < -0.4 is 11.1 Å². The Morgan fingerprint density at radius 3 is 2.82 bits per heavy atom. The minimum atomic E-state index is -0.515. The van der Waals surface area contributed by atoms with Gasteiger partial charge in [0.05, 0.1) is 0 Å². The van der Waals surface area contributed by atoms with E-state index >= 15 is 0 Å². The zero-order chi connectivity index (χ0) is 12.9. The number of pyridine rings is 1. The fourth-order valence-electron chi connectivity index (χ4n) is 1.27. The third-order valence-electron chi connectivity index (χ3n) is 1.89. The van der Waals surface area contributed by atoms with Gasteiger partial charge in [0, 0.05) is 6.20 Å². The first-order valence-electron chi connectivity index (χ1n) is 5.56. The quantitative estimate of drug-likeness (QED) is 0.842. The molecule has 0 saturated carbocycles. The average Bonchev–Trinajstić information content (AvgIpc) is 2.15.